The molecule has 2 nitrogen and oxygen atoms in total. The molecule has 21 heavy (non-hydrogen) atoms. The van der Waals surface area contributed by atoms with Gasteiger partial charge in [-0.3, -0.25) is 0 Å². The summed E-state index contributed by atoms with van der Waals surface area (Å²) < 4.78 is 48.2. The highest BCUT2D eigenvalue weighted by Gasteiger charge is 2.41. The van der Waals surface area contributed by atoms with Crippen molar-refractivity contribution in [2.75, 3.05) is 7.11 Å². The summed E-state index contributed by atoms with van der Waals surface area (Å²) in [7, 11) is 1.59. The van der Waals surface area contributed by atoms with E-state index < -0.39 is 11.7 Å². The molecule has 5 heteroatoms. The van der Waals surface area contributed by atoms with Crippen LogP contribution in [0.25, 0.3) is 0 Å². The molecule has 0 unspecified atom stereocenters. The van der Waals surface area contributed by atoms with Gasteiger partial charge in [-0.1, -0.05) is 24.3 Å². The van der Waals surface area contributed by atoms with Gasteiger partial charge in [0.25, 0.3) is 0 Å². The number of rotatable bonds is 3. The second-order valence-corrected chi connectivity index (χ2v) is 4.87. The van der Waals surface area contributed by atoms with E-state index in [1.165, 1.54) is 12.1 Å². The molecule has 0 aliphatic carbocycles. The Morgan fingerprint density at radius 2 is 1.33 bits per heavy atom. The van der Waals surface area contributed by atoms with Crippen LogP contribution in [-0.2, 0) is 10.9 Å². The first-order valence-electron chi connectivity index (χ1n) is 6.45. The fourth-order valence-electron chi connectivity index (χ4n) is 2.27. The lowest BCUT2D eigenvalue weighted by atomic mass is 10.0. The van der Waals surface area contributed by atoms with Crippen LogP contribution in [0.1, 0.15) is 28.9 Å². The van der Waals surface area contributed by atoms with E-state index in [0.29, 0.717) is 0 Å². The molecule has 0 N–H and O–H groups in total. The van der Waals surface area contributed by atoms with Crippen LogP contribution in [0.5, 0.6) is 5.75 Å². The fourth-order valence-corrected chi connectivity index (χ4v) is 2.27. The number of epoxide rings is 1. The van der Waals surface area contributed by atoms with Crippen molar-refractivity contribution in [1.82, 2.24) is 0 Å². The Bertz CT molecular complexity index is 617. The molecule has 0 saturated carbocycles. The summed E-state index contributed by atoms with van der Waals surface area (Å²) in [6.07, 6.45) is -4.59. The predicted molar refractivity (Wildman–Crippen MR) is 71.0 cm³/mol. The first kappa shape index (κ1) is 13.9. The average Bonchev–Trinajstić information content (AvgIpc) is 3.27. The second-order valence-electron chi connectivity index (χ2n) is 4.87. The predicted octanol–water partition coefficient (Wildman–Crippen LogP) is 4.53. The Morgan fingerprint density at radius 3 is 1.76 bits per heavy atom. The third-order valence-corrected chi connectivity index (χ3v) is 3.50. The lowest BCUT2D eigenvalue weighted by molar-refractivity contribution is -0.137. The first-order valence-corrected chi connectivity index (χ1v) is 6.45. The molecule has 0 radical (unpaired) electrons. The zero-order chi connectivity index (χ0) is 15.0. The van der Waals surface area contributed by atoms with Crippen molar-refractivity contribution in [3.05, 3.63) is 65.2 Å². The largest absolute Gasteiger partial charge is 0.497 e. The molecule has 2 aromatic carbocycles. The quantitative estimate of drug-likeness (QED) is 0.776. The van der Waals surface area contributed by atoms with Gasteiger partial charge in [0.05, 0.1) is 12.7 Å². The third kappa shape index (κ3) is 2.88. The van der Waals surface area contributed by atoms with E-state index >= 15 is 0 Å². The number of hydrogen-bond acceptors (Lipinski definition) is 2. The van der Waals surface area contributed by atoms with Crippen LogP contribution in [0, 0.1) is 0 Å². The van der Waals surface area contributed by atoms with Gasteiger partial charge >= 0.3 is 6.18 Å². The SMILES string of the molecule is COc1ccc([C@@H]2O[C@H]2c2ccc(C(F)(F)F)cc2)cc1. The van der Waals surface area contributed by atoms with Gasteiger partial charge in [-0.05, 0) is 35.4 Å². The topological polar surface area (TPSA) is 21.8 Å². The van der Waals surface area contributed by atoms with Crippen LogP contribution in [-0.4, -0.2) is 7.11 Å². The van der Waals surface area contributed by atoms with E-state index in [0.717, 1.165) is 29.0 Å². The van der Waals surface area contributed by atoms with Gasteiger partial charge in [-0.25, -0.2) is 0 Å². The molecule has 110 valence electrons. The zero-order valence-corrected chi connectivity index (χ0v) is 11.2. The lowest BCUT2D eigenvalue weighted by Gasteiger charge is -2.06. The maximum atomic E-state index is 12.5. The molecular weight excluding hydrogens is 281 g/mol. The molecule has 1 saturated heterocycles. The number of ether oxygens (including phenoxy) is 2. The highest BCUT2D eigenvalue weighted by atomic mass is 19.4. The van der Waals surface area contributed by atoms with Crippen LogP contribution >= 0.6 is 0 Å². The first-order chi connectivity index (χ1) is 9.99. The van der Waals surface area contributed by atoms with Gasteiger partial charge in [-0.2, -0.15) is 13.2 Å². The summed E-state index contributed by atoms with van der Waals surface area (Å²) >= 11 is 0. The Kier molecular flexibility index (Phi) is 3.37. The van der Waals surface area contributed by atoms with Crippen LogP contribution in [0.2, 0.25) is 0 Å². The Balaban J connectivity index is 1.72. The minimum atomic E-state index is -4.31. The van der Waals surface area contributed by atoms with E-state index in [1.54, 1.807) is 7.11 Å². The molecule has 0 aromatic heterocycles. The molecule has 1 heterocycles. The van der Waals surface area contributed by atoms with Gasteiger partial charge in [0.15, 0.2) is 0 Å². The van der Waals surface area contributed by atoms with Crippen LogP contribution in [0.15, 0.2) is 48.5 Å². The summed E-state index contributed by atoms with van der Waals surface area (Å²) in [5, 5.41) is 0. The van der Waals surface area contributed by atoms with Crippen molar-refractivity contribution in [2.45, 2.75) is 18.4 Å². The molecule has 0 bridgehead atoms. The highest BCUT2D eigenvalue weighted by molar-refractivity contribution is 5.35. The van der Waals surface area contributed by atoms with Gasteiger partial charge in [0.1, 0.15) is 18.0 Å². The normalized spacial score (nSPS) is 21.1. The van der Waals surface area contributed by atoms with Gasteiger partial charge in [0.2, 0.25) is 0 Å². The van der Waals surface area contributed by atoms with Crippen LogP contribution in [0.4, 0.5) is 13.2 Å². The molecular formula is C16H13F3O2. The number of alkyl halides is 3. The minimum Gasteiger partial charge on any atom is -0.497 e. The van der Waals surface area contributed by atoms with E-state index in [4.69, 9.17) is 9.47 Å². The Hall–Kier alpha value is -2.01. The van der Waals surface area contributed by atoms with Crippen molar-refractivity contribution in [1.29, 1.82) is 0 Å². The lowest BCUT2D eigenvalue weighted by Crippen LogP contribution is -2.04. The summed E-state index contributed by atoms with van der Waals surface area (Å²) in [6.45, 7) is 0. The van der Waals surface area contributed by atoms with E-state index in [9.17, 15) is 13.2 Å². The van der Waals surface area contributed by atoms with Gasteiger partial charge < -0.3 is 9.47 Å². The van der Waals surface area contributed by atoms with E-state index in [2.05, 4.69) is 0 Å². The molecule has 1 fully saturated rings. The smallest absolute Gasteiger partial charge is 0.416 e. The molecule has 2 aromatic rings. The fraction of sp³-hybridized carbons (Fsp3) is 0.250. The molecule has 0 spiro atoms. The molecule has 3 rings (SSSR count). The van der Waals surface area contributed by atoms with Crippen molar-refractivity contribution >= 4 is 0 Å². The maximum Gasteiger partial charge on any atom is 0.416 e. The summed E-state index contributed by atoms with van der Waals surface area (Å²) in [4.78, 5) is 0. The zero-order valence-electron chi connectivity index (χ0n) is 11.2. The second kappa shape index (κ2) is 5.07. The number of hydrogen-bond donors (Lipinski definition) is 0. The number of halogens is 3. The number of methoxy groups -OCH3 is 1. The van der Waals surface area contributed by atoms with Crippen molar-refractivity contribution in [3.8, 4) is 5.75 Å². The third-order valence-electron chi connectivity index (χ3n) is 3.50. The number of benzene rings is 2. The molecule has 2 atom stereocenters. The standard InChI is InChI=1S/C16H13F3O2/c1-20-13-8-4-11(5-9-13)15-14(21-15)10-2-6-12(7-3-10)16(17,18)19/h2-9,14-15H,1H3/t14-,15-/m0/s1. The molecule has 0 amide bonds. The van der Waals surface area contributed by atoms with Gasteiger partial charge in [-0.15, -0.1) is 0 Å². The Morgan fingerprint density at radius 1 is 0.857 bits per heavy atom. The van der Waals surface area contributed by atoms with E-state index in [-0.39, 0.29) is 12.2 Å². The maximum absolute atomic E-state index is 12.5. The highest BCUT2D eigenvalue weighted by Crippen LogP contribution is 2.51. The van der Waals surface area contributed by atoms with E-state index in [1.807, 2.05) is 24.3 Å². The minimum absolute atomic E-state index is 0.104. The Labute approximate surface area is 120 Å². The summed E-state index contributed by atoms with van der Waals surface area (Å²) in [5.41, 5.74) is 1.09. The molecule has 1 aliphatic rings. The van der Waals surface area contributed by atoms with Crippen molar-refractivity contribution in [3.63, 3.8) is 0 Å². The summed E-state index contributed by atoms with van der Waals surface area (Å²) in [5.74, 6) is 0.755. The van der Waals surface area contributed by atoms with Crippen molar-refractivity contribution in [2.24, 2.45) is 0 Å². The summed E-state index contributed by atoms with van der Waals surface area (Å²) in [6, 6.07) is 12.6. The van der Waals surface area contributed by atoms with Crippen LogP contribution in [0.3, 0.4) is 0 Å². The average molecular weight is 294 g/mol. The van der Waals surface area contributed by atoms with Crippen molar-refractivity contribution < 1.29 is 22.6 Å². The monoisotopic (exact) mass is 294 g/mol. The van der Waals surface area contributed by atoms with Gasteiger partial charge in [0, 0.05) is 0 Å². The molecule has 1 aliphatic heterocycles. The van der Waals surface area contributed by atoms with Crippen LogP contribution < -0.4 is 4.74 Å².